The maximum Gasteiger partial charge on any atom is 0.341 e. The van der Waals surface area contributed by atoms with Crippen LogP contribution in [0.1, 0.15) is 39.3 Å². The zero-order valence-electron chi connectivity index (χ0n) is 17.2. The Morgan fingerprint density at radius 3 is 2.41 bits per heavy atom. The number of ether oxygens (including phenoxy) is 3. The van der Waals surface area contributed by atoms with Crippen molar-refractivity contribution in [3.05, 3.63) is 65.1 Å². The number of hydrogen-bond acceptors (Lipinski definition) is 7. The monoisotopic (exact) mass is 399 g/mol. The van der Waals surface area contributed by atoms with Gasteiger partial charge in [0.2, 0.25) is 0 Å². The van der Waals surface area contributed by atoms with E-state index in [2.05, 4.69) is 10.3 Å². The van der Waals surface area contributed by atoms with Gasteiger partial charge >= 0.3 is 5.97 Å². The van der Waals surface area contributed by atoms with Gasteiger partial charge in [0, 0.05) is 25.5 Å². The van der Waals surface area contributed by atoms with Gasteiger partial charge in [0.25, 0.3) is 0 Å². The van der Waals surface area contributed by atoms with Gasteiger partial charge in [-0.3, -0.25) is 5.32 Å². The van der Waals surface area contributed by atoms with Crippen molar-refractivity contribution >= 4 is 5.97 Å². The molecule has 8 heteroatoms. The lowest BCUT2D eigenvalue weighted by molar-refractivity contribution is 0.0599. The van der Waals surface area contributed by atoms with Crippen LogP contribution in [0, 0.1) is 6.92 Å². The molecule has 8 nitrogen and oxygen atoms in total. The summed E-state index contributed by atoms with van der Waals surface area (Å²) in [6.07, 6.45) is 3.63. The number of nitrogens with one attached hydrogen (secondary N) is 1. The maximum atomic E-state index is 11.8. The van der Waals surface area contributed by atoms with E-state index in [0.717, 1.165) is 11.4 Å². The van der Waals surface area contributed by atoms with Gasteiger partial charge in [0.1, 0.15) is 34.4 Å². The molecule has 0 radical (unpaired) electrons. The van der Waals surface area contributed by atoms with Crippen LogP contribution in [0.3, 0.4) is 0 Å². The number of rotatable bonds is 8. The van der Waals surface area contributed by atoms with Crippen LogP contribution in [0.5, 0.6) is 11.5 Å². The van der Waals surface area contributed by atoms with Crippen molar-refractivity contribution in [1.29, 1.82) is 0 Å². The largest absolute Gasteiger partial charge is 0.497 e. The zero-order valence-corrected chi connectivity index (χ0v) is 17.2. The minimum absolute atomic E-state index is 0.258. The van der Waals surface area contributed by atoms with Gasteiger partial charge in [-0.1, -0.05) is 0 Å². The van der Waals surface area contributed by atoms with Crippen LogP contribution >= 0.6 is 0 Å². The number of nitrogens with zero attached hydrogens (tertiary/aromatic N) is 2. The smallest absolute Gasteiger partial charge is 0.341 e. The first-order chi connectivity index (χ1) is 14.0. The fraction of sp³-hybridized carbons (Fsp3) is 0.333. The first-order valence-corrected chi connectivity index (χ1v) is 9.08. The van der Waals surface area contributed by atoms with E-state index in [1.807, 2.05) is 36.0 Å². The van der Waals surface area contributed by atoms with Gasteiger partial charge in [0.05, 0.1) is 33.9 Å². The minimum Gasteiger partial charge on any atom is -0.497 e. The zero-order chi connectivity index (χ0) is 21.0. The van der Waals surface area contributed by atoms with Crippen LogP contribution in [0.15, 0.2) is 41.1 Å². The molecule has 0 amide bonds. The van der Waals surface area contributed by atoms with Gasteiger partial charge in [-0.2, -0.15) is 0 Å². The first-order valence-electron chi connectivity index (χ1n) is 9.08. The summed E-state index contributed by atoms with van der Waals surface area (Å²) < 4.78 is 23.3. The Kier molecular flexibility index (Phi) is 6.23. The molecule has 1 unspecified atom stereocenters. The van der Waals surface area contributed by atoms with Crippen LogP contribution in [0.2, 0.25) is 0 Å². The second-order valence-electron chi connectivity index (χ2n) is 6.53. The minimum atomic E-state index is -0.421. The summed E-state index contributed by atoms with van der Waals surface area (Å²) in [7, 11) is 6.50. The Bertz CT molecular complexity index is 970. The molecular formula is C21H25N3O5. The lowest BCUT2D eigenvalue weighted by atomic mass is 10.0. The Balaban J connectivity index is 1.92. The highest BCUT2D eigenvalue weighted by Crippen LogP contribution is 2.30. The van der Waals surface area contributed by atoms with Crippen molar-refractivity contribution < 1.29 is 23.4 Å². The summed E-state index contributed by atoms with van der Waals surface area (Å²) in [6, 6.07) is 7.11. The number of aromatic nitrogens is 2. The topological polar surface area (TPSA) is 87.8 Å². The number of hydrogen-bond donors (Lipinski definition) is 1. The molecule has 0 bridgehead atoms. The van der Waals surface area contributed by atoms with Crippen LogP contribution in [0.4, 0.5) is 0 Å². The third-order valence-electron chi connectivity index (χ3n) is 4.68. The molecule has 0 spiro atoms. The molecule has 2 heterocycles. The molecule has 29 heavy (non-hydrogen) atoms. The van der Waals surface area contributed by atoms with Crippen molar-refractivity contribution in [2.24, 2.45) is 7.05 Å². The van der Waals surface area contributed by atoms with Crippen LogP contribution in [0.25, 0.3) is 0 Å². The third-order valence-corrected chi connectivity index (χ3v) is 4.68. The molecule has 3 aromatic rings. The van der Waals surface area contributed by atoms with Crippen molar-refractivity contribution in [3.63, 3.8) is 0 Å². The normalized spacial score (nSPS) is 11.9. The van der Waals surface area contributed by atoms with Crippen LogP contribution in [-0.4, -0.2) is 36.8 Å². The number of carbonyl (C=O) groups excluding carboxylic acids is 1. The summed E-state index contributed by atoms with van der Waals surface area (Å²) in [5.41, 5.74) is 1.34. The second-order valence-corrected chi connectivity index (χ2v) is 6.53. The average Bonchev–Trinajstić information content (AvgIpc) is 3.32. The highest BCUT2D eigenvalue weighted by atomic mass is 16.5. The maximum absolute atomic E-state index is 11.8. The molecule has 0 aliphatic heterocycles. The van der Waals surface area contributed by atoms with Crippen molar-refractivity contribution in [1.82, 2.24) is 14.9 Å². The summed E-state index contributed by atoms with van der Waals surface area (Å²) in [5, 5.41) is 3.46. The van der Waals surface area contributed by atoms with E-state index in [9.17, 15) is 4.79 Å². The van der Waals surface area contributed by atoms with E-state index in [1.54, 1.807) is 33.4 Å². The van der Waals surface area contributed by atoms with Crippen LogP contribution < -0.4 is 14.8 Å². The van der Waals surface area contributed by atoms with Gasteiger partial charge in [-0.25, -0.2) is 9.78 Å². The Hall–Kier alpha value is -3.26. The highest BCUT2D eigenvalue weighted by Gasteiger charge is 2.22. The van der Waals surface area contributed by atoms with E-state index in [-0.39, 0.29) is 6.04 Å². The first kappa shape index (κ1) is 20.5. The van der Waals surface area contributed by atoms with E-state index in [0.29, 0.717) is 35.1 Å². The quantitative estimate of drug-likeness (QED) is 0.583. The fourth-order valence-electron chi connectivity index (χ4n) is 3.16. The molecule has 0 aliphatic rings. The summed E-state index contributed by atoms with van der Waals surface area (Å²) in [5.74, 6) is 2.90. The molecular weight excluding hydrogens is 374 g/mol. The molecule has 2 aromatic heterocycles. The van der Waals surface area contributed by atoms with Gasteiger partial charge in [0.15, 0.2) is 0 Å². The third kappa shape index (κ3) is 4.43. The number of benzene rings is 1. The predicted octanol–water partition coefficient (Wildman–Crippen LogP) is 3.00. The molecule has 0 saturated carbocycles. The van der Waals surface area contributed by atoms with Crippen molar-refractivity contribution in [2.45, 2.75) is 19.5 Å². The molecule has 0 aliphatic carbocycles. The Labute approximate surface area is 169 Å². The lowest BCUT2D eigenvalue weighted by Crippen LogP contribution is -2.24. The number of aryl methyl sites for hydroxylation is 2. The summed E-state index contributed by atoms with van der Waals surface area (Å²) in [6.45, 7) is 2.12. The number of furan rings is 1. The Morgan fingerprint density at radius 1 is 1.17 bits per heavy atom. The van der Waals surface area contributed by atoms with Gasteiger partial charge < -0.3 is 23.2 Å². The summed E-state index contributed by atoms with van der Waals surface area (Å²) >= 11 is 0. The standard InChI is InChI=1S/C21H25N3O5/c1-13-18(21(25)28-5)11-17(29-13)12-23-19(20-22-6-7-24(20)2)14-8-15(26-3)10-16(9-14)27-4/h6-11,19,23H,12H2,1-5H3. The number of esters is 1. The summed E-state index contributed by atoms with van der Waals surface area (Å²) in [4.78, 5) is 16.3. The number of methoxy groups -OCH3 is 3. The van der Waals surface area contributed by atoms with Crippen molar-refractivity contribution in [2.75, 3.05) is 21.3 Å². The van der Waals surface area contributed by atoms with E-state index >= 15 is 0 Å². The average molecular weight is 399 g/mol. The molecule has 0 saturated heterocycles. The number of imidazole rings is 1. The SMILES string of the molecule is COC(=O)c1cc(CNC(c2cc(OC)cc(OC)c2)c2nccn2C)oc1C. The molecule has 1 aromatic carbocycles. The van der Waals surface area contributed by atoms with Crippen LogP contribution in [-0.2, 0) is 18.3 Å². The van der Waals surface area contributed by atoms with E-state index < -0.39 is 5.97 Å². The molecule has 3 rings (SSSR count). The van der Waals surface area contributed by atoms with Gasteiger partial charge in [-0.05, 0) is 30.7 Å². The molecule has 154 valence electrons. The second kappa shape index (κ2) is 8.83. The van der Waals surface area contributed by atoms with Gasteiger partial charge in [-0.15, -0.1) is 0 Å². The molecule has 1 N–H and O–H groups in total. The van der Waals surface area contributed by atoms with Crippen molar-refractivity contribution in [3.8, 4) is 11.5 Å². The predicted molar refractivity (Wildman–Crippen MR) is 106 cm³/mol. The highest BCUT2D eigenvalue weighted by molar-refractivity contribution is 5.90. The fourth-order valence-corrected chi connectivity index (χ4v) is 3.16. The number of carbonyl (C=O) groups is 1. The molecule has 0 fully saturated rings. The molecule has 1 atom stereocenters. The van der Waals surface area contributed by atoms with E-state index in [1.165, 1.54) is 7.11 Å². The van der Waals surface area contributed by atoms with E-state index in [4.69, 9.17) is 18.6 Å². The lowest BCUT2D eigenvalue weighted by Gasteiger charge is -2.20. The Morgan fingerprint density at radius 2 is 1.86 bits per heavy atom.